The first-order chi connectivity index (χ1) is 8.60. The zero-order valence-corrected chi connectivity index (χ0v) is 10.6. The largest absolute Gasteiger partial charge is 0.399 e. The molecule has 0 spiro atoms. The van der Waals surface area contributed by atoms with Gasteiger partial charge in [0.25, 0.3) is 0 Å². The highest BCUT2D eigenvalue weighted by Crippen LogP contribution is 2.27. The lowest BCUT2D eigenvalue weighted by molar-refractivity contribution is 1.44. The van der Waals surface area contributed by atoms with E-state index in [0.717, 1.165) is 22.6 Å². The maximum atomic E-state index is 8.77. The SMILES string of the molecule is Cc1cc(Nc2ccc(C#N)cc2Cl)ccc1N. The van der Waals surface area contributed by atoms with E-state index in [1.54, 1.807) is 18.2 Å². The predicted octanol–water partition coefficient (Wildman–Crippen LogP) is 3.85. The summed E-state index contributed by atoms with van der Waals surface area (Å²) in [5.74, 6) is 0. The third kappa shape index (κ3) is 2.55. The zero-order valence-electron chi connectivity index (χ0n) is 9.87. The number of nitrogens with one attached hydrogen (secondary N) is 1. The van der Waals surface area contributed by atoms with Crippen LogP contribution in [0.25, 0.3) is 0 Å². The van der Waals surface area contributed by atoms with Crippen LogP contribution in [0, 0.1) is 18.3 Å². The van der Waals surface area contributed by atoms with E-state index in [4.69, 9.17) is 22.6 Å². The molecule has 2 rings (SSSR count). The molecule has 2 aromatic rings. The average Bonchev–Trinajstić information content (AvgIpc) is 2.36. The van der Waals surface area contributed by atoms with Crippen molar-refractivity contribution in [3.8, 4) is 6.07 Å². The van der Waals surface area contributed by atoms with Crippen molar-refractivity contribution in [1.29, 1.82) is 5.26 Å². The molecule has 18 heavy (non-hydrogen) atoms. The van der Waals surface area contributed by atoms with Crippen LogP contribution in [-0.4, -0.2) is 0 Å². The molecule has 0 aromatic heterocycles. The number of nitrogen functional groups attached to an aromatic ring is 1. The molecule has 0 heterocycles. The van der Waals surface area contributed by atoms with Gasteiger partial charge in [-0.1, -0.05) is 11.6 Å². The second-order valence-corrected chi connectivity index (χ2v) is 4.41. The van der Waals surface area contributed by atoms with Gasteiger partial charge in [0.2, 0.25) is 0 Å². The number of hydrogen-bond donors (Lipinski definition) is 2. The number of benzene rings is 2. The third-order valence-corrected chi connectivity index (χ3v) is 2.96. The van der Waals surface area contributed by atoms with Crippen LogP contribution in [0.3, 0.4) is 0 Å². The van der Waals surface area contributed by atoms with E-state index in [1.807, 2.05) is 31.2 Å². The van der Waals surface area contributed by atoms with Crippen LogP contribution in [0.15, 0.2) is 36.4 Å². The molecule has 0 aliphatic rings. The molecule has 0 bridgehead atoms. The van der Waals surface area contributed by atoms with Crippen LogP contribution in [-0.2, 0) is 0 Å². The number of hydrogen-bond acceptors (Lipinski definition) is 3. The van der Waals surface area contributed by atoms with Gasteiger partial charge in [0.15, 0.2) is 0 Å². The van der Waals surface area contributed by atoms with Gasteiger partial charge in [-0.3, -0.25) is 0 Å². The Morgan fingerprint density at radius 3 is 2.61 bits per heavy atom. The normalized spacial score (nSPS) is 9.83. The highest BCUT2D eigenvalue weighted by Gasteiger charge is 2.03. The number of aryl methyl sites for hydroxylation is 1. The fraction of sp³-hybridized carbons (Fsp3) is 0.0714. The highest BCUT2D eigenvalue weighted by atomic mass is 35.5. The lowest BCUT2D eigenvalue weighted by atomic mass is 10.1. The lowest BCUT2D eigenvalue weighted by Gasteiger charge is -2.10. The number of nitrogens with two attached hydrogens (primary N) is 1. The molecule has 0 fully saturated rings. The van der Waals surface area contributed by atoms with Gasteiger partial charge >= 0.3 is 0 Å². The van der Waals surface area contributed by atoms with Gasteiger partial charge in [-0.2, -0.15) is 5.26 Å². The minimum absolute atomic E-state index is 0.517. The van der Waals surface area contributed by atoms with Crippen molar-refractivity contribution >= 4 is 28.7 Å². The Balaban J connectivity index is 2.29. The fourth-order valence-electron chi connectivity index (χ4n) is 1.59. The first-order valence-corrected chi connectivity index (χ1v) is 5.81. The van der Waals surface area contributed by atoms with E-state index in [-0.39, 0.29) is 0 Å². The number of rotatable bonds is 2. The van der Waals surface area contributed by atoms with E-state index >= 15 is 0 Å². The van der Waals surface area contributed by atoms with Crippen LogP contribution >= 0.6 is 11.6 Å². The van der Waals surface area contributed by atoms with Crippen molar-refractivity contribution < 1.29 is 0 Å². The Morgan fingerprint density at radius 2 is 2.00 bits per heavy atom. The van der Waals surface area contributed by atoms with Crippen molar-refractivity contribution in [1.82, 2.24) is 0 Å². The molecule has 0 aliphatic carbocycles. The van der Waals surface area contributed by atoms with Gasteiger partial charge in [0, 0.05) is 11.4 Å². The van der Waals surface area contributed by atoms with Gasteiger partial charge in [-0.15, -0.1) is 0 Å². The van der Waals surface area contributed by atoms with Crippen molar-refractivity contribution in [2.75, 3.05) is 11.1 Å². The lowest BCUT2D eigenvalue weighted by Crippen LogP contribution is -1.94. The molecule has 3 N–H and O–H groups in total. The first-order valence-electron chi connectivity index (χ1n) is 5.43. The van der Waals surface area contributed by atoms with Crippen molar-refractivity contribution in [3.63, 3.8) is 0 Å². The standard InChI is InChI=1S/C14H12ClN3/c1-9-6-11(3-4-13(9)17)18-14-5-2-10(8-16)7-12(14)15/h2-7,18H,17H2,1H3. The van der Waals surface area contributed by atoms with Crippen LogP contribution in [0.5, 0.6) is 0 Å². The predicted molar refractivity (Wildman–Crippen MR) is 75.0 cm³/mol. The van der Waals surface area contributed by atoms with E-state index in [0.29, 0.717) is 10.6 Å². The molecule has 0 aliphatic heterocycles. The van der Waals surface area contributed by atoms with Crippen molar-refractivity contribution in [2.24, 2.45) is 0 Å². The molecule has 2 aromatic carbocycles. The summed E-state index contributed by atoms with van der Waals surface area (Å²) in [5.41, 5.74) is 9.74. The van der Waals surface area contributed by atoms with E-state index in [9.17, 15) is 0 Å². The second-order valence-electron chi connectivity index (χ2n) is 4.00. The summed E-state index contributed by atoms with van der Waals surface area (Å²) in [6.45, 7) is 1.95. The van der Waals surface area contributed by atoms with Crippen molar-refractivity contribution in [3.05, 3.63) is 52.5 Å². The Labute approximate surface area is 111 Å². The summed E-state index contributed by atoms with van der Waals surface area (Å²) >= 11 is 6.09. The molecule has 0 unspecified atom stereocenters. The van der Waals surface area contributed by atoms with Crippen molar-refractivity contribution in [2.45, 2.75) is 6.92 Å². The molecule has 4 heteroatoms. The maximum absolute atomic E-state index is 8.77. The molecule has 0 amide bonds. The summed E-state index contributed by atoms with van der Waals surface area (Å²) in [6.07, 6.45) is 0. The molecule has 0 saturated carbocycles. The minimum Gasteiger partial charge on any atom is -0.399 e. The van der Waals surface area contributed by atoms with Crippen LogP contribution in [0.2, 0.25) is 5.02 Å². The number of anilines is 3. The Hall–Kier alpha value is -2.18. The van der Waals surface area contributed by atoms with E-state index in [2.05, 4.69) is 5.32 Å². The highest BCUT2D eigenvalue weighted by molar-refractivity contribution is 6.33. The van der Waals surface area contributed by atoms with E-state index < -0.39 is 0 Å². The summed E-state index contributed by atoms with van der Waals surface area (Å²) in [4.78, 5) is 0. The molecule has 0 atom stereocenters. The molecule has 3 nitrogen and oxygen atoms in total. The summed E-state index contributed by atoms with van der Waals surface area (Å²) in [6, 6.07) is 12.9. The molecule has 0 saturated heterocycles. The number of halogens is 1. The molecular weight excluding hydrogens is 246 g/mol. The number of nitriles is 1. The minimum atomic E-state index is 0.517. The Bertz CT molecular complexity index is 629. The second kappa shape index (κ2) is 4.99. The molecular formula is C14H12ClN3. The van der Waals surface area contributed by atoms with Gasteiger partial charge in [0.05, 0.1) is 22.3 Å². The van der Waals surface area contributed by atoms with Crippen LogP contribution in [0.1, 0.15) is 11.1 Å². The monoisotopic (exact) mass is 257 g/mol. The topological polar surface area (TPSA) is 61.8 Å². The van der Waals surface area contributed by atoms with Gasteiger partial charge < -0.3 is 11.1 Å². The fourth-order valence-corrected chi connectivity index (χ4v) is 1.82. The number of nitrogens with zero attached hydrogens (tertiary/aromatic N) is 1. The zero-order chi connectivity index (χ0) is 13.1. The van der Waals surface area contributed by atoms with Gasteiger partial charge in [0.1, 0.15) is 0 Å². The summed E-state index contributed by atoms with van der Waals surface area (Å²) in [5, 5.41) is 12.5. The summed E-state index contributed by atoms with van der Waals surface area (Å²) in [7, 11) is 0. The van der Waals surface area contributed by atoms with Gasteiger partial charge in [-0.25, -0.2) is 0 Å². The summed E-state index contributed by atoms with van der Waals surface area (Å²) < 4.78 is 0. The van der Waals surface area contributed by atoms with E-state index in [1.165, 1.54) is 0 Å². The Morgan fingerprint density at radius 1 is 1.22 bits per heavy atom. The smallest absolute Gasteiger partial charge is 0.0992 e. The van der Waals surface area contributed by atoms with Gasteiger partial charge in [-0.05, 0) is 48.9 Å². The van der Waals surface area contributed by atoms with Crippen LogP contribution in [0.4, 0.5) is 17.1 Å². The first kappa shape index (κ1) is 12.3. The molecule has 0 radical (unpaired) electrons. The molecule has 90 valence electrons. The maximum Gasteiger partial charge on any atom is 0.0992 e. The quantitative estimate of drug-likeness (QED) is 0.804. The average molecular weight is 258 g/mol. The third-order valence-electron chi connectivity index (χ3n) is 2.65. The Kier molecular flexibility index (Phi) is 3.40. The van der Waals surface area contributed by atoms with Crippen LogP contribution < -0.4 is 11.1 Å².